The molecule has 120 valence electrons. The van der Waals surface area contributed by atoms with E-state index < -0.39 is 12.9 Å². The van der Waals surface area contributed by atoms with Gasteiger partial charge in [0.2, 0.25) is 0 Å². The molecule has 1 unspecified atom stereocenters. The zero-order chi connectivity index (χ0) is 16.3. The van der Waals surface area contributed by atoms with E-state index >= 15 is 0 Å². The summed E-state index contributed by atoms with van der Waals surface area (Å²) in [6.07, 6.45) is 9.78. The van der Waals surface area contributed by atoms with Gasteiger partial charge in [0.15, 0.2) is 0 Å². The second-order valence-corrected chi connectivity index (χ2v) is 7.20. The molecule has 0 amide bonds. The third kappa shape index (κ3) is 3.65. The predicted molar refractivity (Wildman–Crippen MR) is 86.7 cm³/mol. The lowest BCUT2D eigenvalue weighted by molar-refractivity contribution is -0.384. The van der Waals surface area contributed by atoms with Crippen LogP contribution >= 0.6 is 8.02 Å². The highest BCUT2D eigenvalue weighted by atomic mass is 31.2. The third-order valence-electron chi connectivity index (χ3n) is 3.48. The molecule has 1 aromatic rings. The SMILES string of the molecule is O=[N+]([O-])c1ccc(C=C2C=CN([P+]3([O-])NCCCO3)C=C2)cc1. The number of nitro benzene ring substituents is 1. The van der Waals surface area contributed by atoms with Crippen molar-refractivity contribution in [2.75, 3.05) is 13.2 Å². The van der Waals surface area contributed by atoms with Crippen LogP contribution in [-0.2, 0) is 4.52 Å². The highest BCUT2D eigenvalue weighted by Crippen LogP contribution is 2.53. The van der Waals surface area contributed by atoms with Crippen molar-refractivity contribution >= 4 is 19.8 Å². The minimum absolute atomic E-state index is 0.0617. The molecule has 0 saturated carbocycles. The molecule has 7 nitrogen and oxygen atoms in total. The molecule has 1 N–H and O–H groups in total. The smallest absolute Gasteiger partial charge is 0.276 e. The van der Waals surface area contributed by atoms with Crippen LogP contribution in [0.4, 0.5) is 5.69 Å². The molecule has 0 aromatic heterocycles. The zero-order valence-corrected chi connectivity index (χ0v) is 13.2. The molecule has 2 aliphatic rings. The molecule has 0 aliphatic carbocycles. The summed E-state index contributed by atoms with van der Waals surface area (Å²) >= 11 is 0. The molecule has 1 atom stereocenters. The highest BCUT2D eigenvalue weighted by molar-refractivity contribution is 7.59. The quantitative estimate of drug-likeness (QED) is 0.519. The summed E-state index contributed by atoms with van der Waals surface area (Å²) in [5, 5.41) is 13.6. The van der Waals surface area contributed by atoms with E-state index in [1.165, 1.54) is 12.1 Å². The minimum atomic E-state index is -3.01. The van der Waals surface area contributed by atoms with Crippen LogP contribution in [0.1, 0.15) is 12.0 Å². The van der Waals surface area contributed by atoms with Crippen LogP contribution in [-0.4, -0.2) is 22.7 Å². The van der Waals surface area contributed by atoms with Gasteiger partial charge in [-0.05, 0) is 47.9 Å². The van der Waals surface area contributed by atoms with Crippen molar-refractivity contribution in [2.45, 2.75) is 6.42 Å². The van der Waals surface area contributed by atoms with Gasteiger partial charge in [0.1, 0.15) is 0 Å². The second kappa shape index (κ2) is 6.60. The summed E-state index contributed by atoms with van der Waals surface area (Å²) < 4.78 is 6.93. The monoisotopic (exact) mass is 333 g/mol. The molecule has 0 spiro atoms. The van der Waals surface area contributed by atoms with Crippen molar-refractivity contribution in [3.8, 4) is 0 Å². The van der Waals surface area contributed by atoms with Gasteiger partial charge < -0.3 is 4.89 Å². The summed E-state index contributed by atoms with van der Waals surface area (Å²) in [6.45, 7) is 1.15. The normalized spacial score (nSPS) is 23.9. The maximum Gasteiger partial charge on any atom is 0.276 e. The number of hydrogen-bond acceptors (Lipinski definition) is 6. The Labute approximate surface area is 134 Å². The van der Waals surface area contributed by atoms with Gasteiger partial charge in [-0.1, -0.05) is 0 Å². The Kier molecular flexibility index (Phi) is 4.54. The van der Waals surface area contributed by atoms with Crippen molar-refractivity contribution < 1.29 is 14.3 Å². The first kappa shape index (κ1) is 15.8. The van der Waals surface area contributed by atoms with Crippen LogP contribution < -0.4 is 9.98 Å². The Hall–Kier alpha value is -2.05. The van der Waals surface area contributed by atoms with Gasteiger partial charge in [-0.15, -0.1) is 0 Å². The molecule has 8 heteroatoms. The van der Waals surface area contributed by atoms with E-state index in [1.54, 1.807) is 29.2 Å². The van der Waals surface area contributed by atoms with Gasteiger partial charge in [0, 0.05) is 31.1 Å². The Morgan fingerprint density at radius 3 is 2.52 bits per heavy atom. The minimum Gasteiger partial charge on any atom is -0.621 e. The molecule has 2 heterocycles. The first-order valence-corrected chi connectivity index (χ1v) is 8.76. The zero-order valence-electron chi connectivity index (χ0n) is 12.3. The van der Waals surface area contributed by atoms with Crippen molar-refractivity contribution in [2.24, 2.45) is 0 Å². The van der Waals surface area contributed by atoms with E-state index in [0.717, 1.165) is 17.6 Å². The van der Waals surface area contributed by atoms with Crippen LogP contribution in [0, 0.1) is 10.1 Å². The highest BCUT2D eigenvalue weighted by Gasteiger charge is 2.36. The summed E-state index contributed by atoms with van der Waals surface area (Å²) in [4.78, 5) is 22.8. The molecule has 3 rings (SSSR count). The van der Waals surface area contributed by atoms with E-state index in [1.807, 2.05) is 18.2 Å². The van der Waals surface area contributed by atoms with Gasteiger partial charge in [0.25, 0.3) is 13.7 Å². The van der Waals surface area contributed by atoms with Crippen LogP contribution in [0.3, 0.4) is 0 Å². The fourth-order valence-corrected chi connectivity index (χ4v) is 3.95. The number of nitrogens with one attached hydrogen (secondary N) is 1. The lowest BCUT2D eigenvalue weighted by Gasteiger charge is -2.38. The second-order valence-electron chi connectivity index (χ2n) is 5.12. The largest absolute Gasteiger partial charge is 0.621 e. The average molecular weight is 333 g/mol. The molecule has 0 radical (unpaired) electrons. The molecular formula is C15H16N3O4P. The number of non-ortho nitro benzene ring substituents is 1. The number of hydrogen-bond donors (Lipinski definition) is 1. The molecule has 1 aromatic carbocycles. The standard InChI is InChI=1S/C15H16N3O4P/c19-18(20)15-4-2-13(3-5-15)12-14-6-9-17(10-7-14)23(21)16-8-1-11-22-23/h2-7,9-10,12H,1,8,11H2,(H,16,21). The van der Waals surface area contributed by atoms with Gasteiger partial charge in [-0.25, -0.2) is 0 Å². The van der Waals surface area contributed by atoms with E-state index in [0.29, 0.717) is 13.2 Å². The summed E-state index contributed by atoms with van der Waals surface area (Å²) in [5.41, 5.74) is 1.82. The molecular weight excluding hydrogens is 317 g/mol. The first-order chi connectivity index (χ1) is 11.1. The maximum atomic E-state index is 12.6. The van der Waals surface area contributed by atoms with Crippen molar-refractivity contribution in [1.82, 2.24) is 9.76 Å². The number of allylic oxidation sites excluding steroid dienone is 3. The fraction of sp³-hybridized carbons (Fsp3) is 0.200. The number of nitro groups is 1. The predicted octanol–water partition coefficient (Wildman–Crippen LogP) is 2.37. The lowest BCUT2D eigenvalue weighted by atomic mass is 10.1. The third-order valence-corrected chi connectivity index (χ3v) is 5.51. The number of nitrogens with zero attached hydrogens (tertiary/aromatic N) is 2. The van der Waals surface area contributed by atoms with Crippen LogP contribution in [0.5, 0.6) is 0 Å². The molecule has 1 saturated heterocycles. The lowest BCUT2D eigenvalue weighted by Crippen LogP contribution is -2.40. The first-order valence-electron chi connectivity index (χ1n) is 7.18. The maximum absolute atomic E-state index is 12.6. The van der Waals surface area contributed by atoms with Crippen molar-refractivity contribution in [3.63, 3.8) is 0 Å². The van der Waals surface area contributed by atoms with Crippen LogP contribution in [0.2, 0.25) is 0 Å². The number of benzene rings is 1. The van der Waals surface area contributed by atoms with Crippen molar-refractivity contribution in [1.29, 1.82) is 0 Å². The molecule has 2 aliphatic heterocycles. The summed E-state index contributed by atoms with van der Waals surface area (Å²) in [7, 11) is -3.01. The van der Waals surface area contributed by atoms with Gasteiger partial charge in [-0.3, -0.25) is 10.1 Å². The topological polar surface area (TPSA) is 90.7 Å². The van der Waals surface area contributed by atoms with Crippen molar-refractivity contribution in [3.05, 3.63) is 70.1 Å². The van der Waals surface area contributed by atoms with E-state index in [-0.39, 0.29) is 5.69 Å². The Bertz CT molecular complexity index is 662. The van der Waals surface area contributed by atoms with Gasteiger partial charge in [-0.2, -0.15) is 14.3 Å². The van der Waals surface area contributed by atoms with E-state index in [4.69, 9.17) is 4.52 Å². The Balaban J connectivity index is 1.71. The number of rotatable bonds is 3. The Morgan fingerprint density at radius 1 is 1.26 bits per heavy atom. The summed E-state index contributed by atoms with van der Waals surface area (Å²) in [6, 6.07) is 6.31. The van der Waals surface area contributed by atoms with E-state index in [2.05, 4.69) is 5.09 Å². The van der Waals surface area contributed by atoms with Crippen LogP contribution in [0.15, 0.2) is 54.4 Å². The average Bonchev–Trinajstić information content (AvgIpc) is 2.56. The van der Waals surface area contributed by atoms with Gasteiger partial charge >= 0.3 is 0 Å². The Morgan fingerprint density at radius 2 is 1.96 bits per heavy atom. The van der Waals surface area contributed by atoms with Gasteiger partial charge in [0.05, 0.1) is 11.5 Å². The fourth-order valence-electron chi connectivity index (χ4n) is 2.26. The van der Waals surface area contributed by atoms with E-state index in [9.17, 15) is 15.0 Å². The molecule has 1 fully saturated rings. The summed E-state index contributed by atoms with van der Waals surface area (Å²) in [5.74, 6) is 0. The van der Waals surface area contributed by atoms with Crippen LogP contribution in [0.25, 0.3) is 6.08 Å². The molecule has 23 heavy (non-hydrogen) atoms. The molecule has 0 bridgehead atoms.